The summed E-state index contributed by atoms with van der Waals surface area (Å²) in [6, 6.07) is 14.4. The van der Waals surface area contributed by atoms with Gasteiger partial charge in [0.05, 0.1) is 37.2 Å². The van der Waals surface area contributed by atoms with Gasteiger partial charge in [0.2, 0.25) is 17.7 Å². The first-order chi connectivity index (χ1) is 18.4. The van der Waals surface area contributed by atoms with Crippen LogP contribution < -0.4 is 15.4 Å². The average molecular weight is 515 g/mol. The van der Waals surface area contributed by atoms with Crippen molar-refractivity contribution in [2.24, 2.45) is 5.41 Å². The van der Waals surface area contributed by atoms with E-state index in [1.807, 2.05) is 30.3 Å². The SMILES string of the molecule is C[C@@]12C[C@@H]1N(C(=O)CNC(=O)CCCOc1ccccc1)[C@H](C(=O)NCc1cnc3c(C#N)cccn13)C2. The number of fused-ring (bicyclic) bond motifs is 2. The van der Waals surface area contributed by atoms with Gasteiger partial charge in [0.25, 0.3) is 0 Å². The molecular weight excluding hydrogens is 484 g/mol. The van der Waals surface area contributed by atoms with Crippen molar-refractivity contribution >= 4 is 23.4 Å². The van der Waals surface area contributed by atoms with Gasteiger partial charge >= 0.3 is 0 Å². The maximum absolute atomic E-state index is 13.2. The summed E-state index contributed by atoms with van der Waals surface area (Å²) in [5, 5.41) is 14.9. The van der Waals surface area contributed by atoms with Crippen molar-refractivity contribution in [2.75, 3.05) is 13.2 Å². The molecule has 2 aliphatic rings. The van der Waals surface area contributed by atoms with E-state index in [1.165, 1.54) is 0 Å². The number of hydrogen-bond donors (Lipinski definition) is 2. The minimum Gasteiger partial charge on any atom is -0.494 e. The first-order valence-corrected chi connectivity index (χ1v) is 12.8. The highest BCUT2D eigenvalue weighted by Crippen LogP contribution is 2.59. The molecule has 3 amide bonds. The first kappa shape index (κ1) is 25.3. The van der Waals surface area contributed by atoms with Gasteiger partial charge in [0, 0.05) is 18.7 Å². The third-order valence-electron chi connectivity index (χ3n) is 7.40. The molecule has 1 saturated carbocycles. The quantitative estimate of drug-likeness (QED) is 0.399. The summed E-state index contributed by atoms with van der Waals surface area (Å²) in [7, 11) is 0. The summed E-state index contributed by atoms with van der Waals surface area (Å²) in [6.45, 7) is 2.57. The Bertz CT molecular complexity index is 1400. The molecule has 38 heavy (non-hydrogen) atoms. The minimum absolute atomic E-state index is 0.0101. The molecule has 1 aromatic carbocycles. The second kappa shape index (κ2) is 10.5. The molecule has 2 N–H and O–H groups in total. The molecular formula is C28H30N6O4. The molecule has 196 valence electrons. The smallest absolute Gasteiger partial charge is 0.243 e. The van der Waals surface area contributed by atoms with Crippen molar-refractivity contribution in [3.8, 4) is 11.8 Å². The number of piperidine rings is 1. The molecule has 10 heteroatoms. The fourth-order valence-electron chi connectivity index (χ4n) is 5.23. The molecule has 1 aliphatic heterocycles. The lowest BCUT2D eigenvalue weighted by Crippen LogP contribution is -2.50. The van der Waals surface area contributed by atoms with Crippen molar-refractivity contribution in [1.29, 1.82) is 5.26 Å². The molecule has 10 nitrogen and oxygen atoms in total. The highest BCUT2D eigenvalue weighted by molar-refractivity contribution is 5.91. The largest absolute Gasteiger partial charge is 0.494 e. The second-order valence-corrected chi connectivity index (χ2v) is 10.1. The number of nitriles is 1. The van der Waals surface area contributed by atoms with Crippen LogP contribution >= 0.6 is 0 Å². The van der Waals surface area contributed by atoms with E-state index in [2.05, 4.69) is 28.6 Å². The molecule has 1 saturated heterocycles. The summed E-state index contributed by atoms with van der Waals surface area (Å²) in [5.41, 5.74) is 1.66. The first-order valence-electron chi connectivity index (χ1n) is 12.8. The Morgan fingerprint density at radius 3 is 2.76 bits per heavy atom. The lowest BCUT2D eigenvalue weighted by molar-refractivity contribution is -0.140. The number of hydrogen-bond acceptors (Lipinski definition) is 6. The number of carbonyl (C=O) groups excluding carboxylic acids is 3. The monoisotopic (exact) mass is 514 g/mol. The Balaban J connectivity index is 1.12. The van der Waals surface area contributed by atoms with E-state index in [0.29, 0.717) is 30.7 Å². The van der Waals surface area contributed by atoms with Crippen LogP contribution in [0.4, 0.5) is 0 Å². The Morgan fingerprint density at radius 2 is 1.97 bits per heavy atom. The summed E-state index contributed by atoms with van der Waals surface area (Å²) < 4.78 is 7.37. The van der Waals surface area contributed by atoms with E-state index in [-0.39, 0.29) is 48.7 Å². The van der Waals surface area contributed by atoms with Crippen molar-refractivity contribution < 1.29 is 19.1 Å². The Morgan fingerprint density at radius 1 is 1.16 bits per heavy atom. The summed E-state index contributed by atoms with van der Waals surface area (Å²) >= 11 is 0. The maximum Gasteiger partial charge on any atom is 0.243 e. The zero-order chi connectivity index (χ0) is 26.7. The molecule has 2 fully saturated rings. The van der Waals surface area contributed by atoms with Gasteiger partial charge in [-0.25, -0.2) is 4.98 Å². The number of nitrogens with zero attached hydrogens (tertiary/aromatic N) is 4. The minimum atomic E-state index is -0.587. The van der Waals surface area contributed by atoms with Gasteiger partial charge in [-0.2, -0.15) is 5.26 Å². The fourth-order valence-corrected chi connectivity index (χ4v) is 5.23. The number of imidazole rings is 1. The standard InChI is InChI=1S/C28H30N6O4/c1-28-13-22(27(37)32-17-20-16-31-26-19(15-29)7-5-11-33(20)26)34(23(28)14-28)25(36)18-30-24(35)10-6-12-38-21-8-3-2-4-9-21/h2-5,7-9,11,16,22-23H,6,10,12-14,17-18H2,1H3,(H,30,35)(H,32,37)/t22-,23-,28+/m0/s1. The predicted molar refractivity (Wildman–Crippen MR) is 138 cm³/mol. The molecule has 3 atom stereocenters. The molecule has 1 aliphatic carbocycles. The van der Waals surface area contributed by atoms with Crippen LogP contribution in [-0.2, 0) is 20.9 Å². The van der Waals surface area contributed by atoms with Crippen LogP contribution in [0.2, 0.25) is 0 Å². The van der Waals surface area contributed by atoms with Gasteiger partial charge in [0.15, 0.2) is 5.65 Å². The van der Waals surface area contributed by atoms with Crippen LogP contribution in [0, 0.1) is 16.7 Å². The molecule has 3 heterocycles. The summed E-state index contributed by atoms with van der Waals surface area (Å²) in [4.78, 5) is 44.5. The zero-order valence-electron chi connectivity index (χ0n) is 21.2. The van der Waals surface area contributed by atoms with Gasteiger partial charge in [0.1, 0.15) is 17.9 Å². The Kier molecular flexibility index (Phi) is 7.01. The van der Waals surface area contributed by atoms with Gasteiger partial charge in [-0.15, -0.1) is 0 Å². The molecule has 3 aromatic rings. The van der Waals surface area contributed by atoms with E-state index in [1.54, 1.807) is 33.8 Å². The number of carbonyl (C=O) groups is 3. The lowest BCUT2D eigenvalue weighted by atomic mass is 10.0. The van der Waals surface area contributed by atoms with E-state index >= 15 is 0 Å². The van der Waals surface area contributed by atoms with E-state index in [9.17, 15) is 19.6 Å². The van der Waals surface area contributed by atoms with Crippen LogP contribution in [-0.4, -0.2) is 57.2 Å². The number of amides is 3. The van der Waals surface area contributed by atoms with Crippen LogP contribution in [0.1, 0.15) is 43.9 Å². The number of para-hydroxylation sites is 1. The number of aromatic nitrogens is 2. The van der Waals surface area contributed by atoms with Crippen molar-refractivity contribution in [2.45, 2.75) is 51.2 Å². The molecule has 0 spiro atoms. The highest BCUT2D eigenvalue weighted by Gasteiger charge is 2.64. The third kappa shape index (κ3) is 5.18. The topological polar surface area (TPSA) is 129 Å². The Hall–Kier alpha value is -4.39. The van der Waals surface area contributed by atoms with Crippen molar-refractivity contribution in [1.82, 2.24) is 24.9 Å². The number of nitrogens with one attached hydrogen (secondary N) is 2. The van der Waals surface area contributed by atoms with Crippen molar-refractivity contribution in [3.63, 3.8) is 0 Å². The summed E-state index contributed by atoms with van der Waals surface area (Å²) in [5.74, 6) is 0.0432. The van der Waals surface area contributed by atoms with Gasteiger partial charge < -0.3 is 24.7 Å². The average Bonchev–Trinajstić information content (AvgIpc) is 3.26. The van der Waals surface area contributed by atoms with Crippen LogP contribution in [0.5, 0.6) is 5.75 Å². The number of rotatable bonds is 10. The molecule has 5 rings (SSSR count). The van der Waals surface area contributed by atoms with Crippen LogP contribution in [0.3, 0.4) is 0 Å². The van der Waals surface area contributed by atoms with E-state index in [4.69, 9.17) is 4.74 Å². The number of likely N-dealkylation sites (tertiary alicyclic amines) is 1. The molecule has 0 radical (unpaired) electrons. The molecule has 0 unspecified atom stereocenters. The number of benzene rings is 1. The van der Waals surface area contributed by atoms with Gasteiger partial charge in [-0.3, -0.25) is 14.4 Å². The lowest BCUT2D eigenvalue weighted by Gasteiger charge is -2.27. The van der Waals surface area contributed by atoms with E-state index in [0.717, 1.165) is 17.9 Å². The van der Waals surface area contributed by atoms with E-state index < -0.39 is 6.04 Å². The zero-order valence-corrected chi connectivity index (χ0v) is 21.2. The molecule has 2 aromatic heterocycles. The maximum atomic E-state index is 13.2. The normalized spacial score (nSPS) is 21.4. The van der Waals surface area contributed by atoms with Gasteiger partial charge in [-0.1, -0.05) is 25.1 Å². The molecule has 0 bridgehead atoms. The predicted octanol–water partition coefficient (Wildman–Crippen LogP) is 2.18. The highest BCUT2D eigenvalue weighted by atomic mass is 16.5. The van der Waals surface area contributed by atoms with Crippen LogP contribution in [0.15, 0.2) is 54.9 Å². The number of pyridine rings is 1. The second-order valence-electron chi connectivity index (χ2n) is 10.1. The van der Waals surface area contributed by atoms with Gasteiger partial charge in [-0.05, 0) is 48.9 Å². The number of ether oxygens (including phenoxy) is 1. The Labute approximate surface area is 220 Å². The van der Waals surface area contributed by atoms with Crippen LogP contribution in [0.25, 0.3) is 5.65 Å². The third-order valence-corrected chi connectivity index (χ3v) is 7.40. The summed E-state index contributed by atoms with van der Waals surface area (Å²) in [6.07, 6.45) is 5.65. The van der Waals surface area contributed by atoms with Crippen molar-refractivity contribution in [3.05, 3.63) is 66.1 Å². The fraction of sp³-hybridized carbons (Fsp3) is 0.393.